The SMILES string of the molecule is CCCCC/C=C/CCCCCCC(=O)O. The van der Waals surface area contributed by atoms with Crippen LogP contribution >= 0.6 is 0 Å². The molecule has 94 valence electrons. The Morgan fingerprint density at radius 1 is 0.938 bits per heavy atom. The first-order valence-corrected chi connectivity index (χ1v) is 6.64. The van der Waals surface area contributed by atoms with Gasteiger partial charge in [-0.1, -0.05) is 44.8 Å². The Labute approximate surface area is 99.7 Å². The molecule has 0 amide bonds. The second-order valence-corrected chi connectivity index (χ2v) is 4.31. The molecule has 1 N–H and O–H groups in total. The average Bonchev–Trinajstić information content (AvgIpc) is 2.25. The van der Waals surface area contributed by atoms with Gasteiger partial charge in [-0.05, 0) is 32.1 Å². The van der Waals surface area contributed by atoms with E-state index >= 15 is 0 Å². The molecule has 2 nitrogen and oxygen atoms in total. The van der Waals surface area contributed by atoms with Crippen LogP contribution in [0.3, 0.4) is 0 Å². The van der Waals surface area contributed by atoms with Crippen LogP contribution in [0.25, 0.3) is 0 Å². The van der Waals surface area contributed by atoms with Crippen LogP contribution in [0, 0.1) is 0 Å². The lowest BCUT2D eigenvalue weighted by Crippen LogP contribution is -1.93. The molecule has 0 saturated heterocycles. The minimum absolute atomic E-state index is 0.326. The van der Waals surface area contributed by atoms with Gasteiger partial charge >= 0.3 is 5.97 Å². The van der Waals surface area contributed by atoms with Gasteiger partial charge in [-0.15, -0.1) is 0 Å². The summed E-state index contributed by atoms with van der Waals surface area (Å²) in [5.41, 5.74) is 0. The van der Waals surface area contributed by atoms with Crippen LogP contribution in [0.1, 0.15) is 71.1 Å². The van der Waals surface area contributed by atoms with Crippen molar-refractivity contribution in [2.45, 2.75) is 71.1 Å². The summed E-state index contributed by atoms with van der Waals surface area (Å²) >= 11 is 0. The maximum atomic E-state index is 10.2. The van der Waals surface area contributed by atoms with Crippen molar-refractivity contribution in [2.75, 3.05) is 0 Å². The maximum absolute atomic E-state index is 10.2. The first-order chi connectivity index (χ1) is 7.77. The Morgan fingerprint density at radius 2 is 1.50 bits per heavy atom. The lowest BCUT2D eigenvalue weighted by molar-refractivity contribution is -0.137. The van der Waals surface area contributed by atoms with E-state index in [0.717, 1.165) is 25.7 Å². The molecule has 0 unspecified atom stereocenters. The molecular formula is C14H26O2. The van der Waals surface area contributed by atoms with E-state index in [1.54, 1.807) is 0 Å². The highest BCUT2D eigenvalue weighted by molar-refractivity contribution is 5.66. The maximum Gasteiger partial charge on any atom is 0.303 e. The third-order valence-corrected chi connectivity index (χ3v) is 2.65. The highest BCUT2D eigenvalue weighted by Crippen LogP contribution is 2.07. The van der Waals surface area contributed by atoms with Crippen LogP contribution in [0.15, 0.2) is 12.2 Å². The van der Waals surface area contributed by atoms with Gasteiger partial charge in [0, 0.05) is 6.42 Å². The molecule has 0 bridgehead atoms. The smallest absolute Gasteiger partial charge is 0.303 e. The summed E-state index contributed by atoms with van der Waals surface area (Å²) in [5, 5.41) is 8.45. The predicted molar refractivity (Wildman–Crippen MR) is 68.6 cm³/mol. The molecule has 16 heavy (non-hydrogen) atoms. The van der Waals surface area contributed by atoms with Gasteiger partial charge in [-0.2, -0.15) is 0 Å². The van der Waals surface area contributed by atoms with Gasteiger partial charge in [0.15, 0.2) is 0 Å². The number of rotatable bonds is 11. The highest BCUT2D eigenvalue weighted by atomic mass is 16.4. The fourth-order valence-electron chi connectivity index (χ4n) is 1.64. The fourth-order valence-corrected chi connectivity index (χ4v) is 1.64. The summed E-state index contributed by atoms with van der Waals surface area (Å²) in [6.45, 7) is 2.22. The standard InChI is InChI=1S/C14H26O2/c1-2-3-4-5-6-7-8-9-10-11-12-13-14(15)16/h6-7H,2-5,8-13H2,1H3,(H,15,16)/b7-6+. The molecule has 2 heteroatoms. The van der Waals surface area contributed by atoms with Gasteiger partial charge in [-0.3, -0.25) is 4.79 Å². The predicted octanol–water partition coefficient (Wildman–Crippen LogP) is 4.55. The first kappa shape index (κ1) is 15.2. The molecule has 0 aliphatic heterocycles. The number of hydrogen-bond acceptors (Lipinski definition) is 1. The molecule has 0 aliphatic rings. The van der Waals surface area contributed by atoms with Crippen molar-refractivity contribution in [3.05, 3.63) is 12.2 Å². The summed E-state index contributed by atoms with van der Waals surface area (Å²) < 4.78 is 0. The summed E-state index contributed by atoms with van der Waals surface area (Å²) in [6, 6.07) is 0. The van der Waals surface area contributed by atoms with Crippen molar-refractivity contribution in [3.8, 4) is 0 Å². The van der Waals surface area contributed by atoms with Crippen molar-refractivity contribution < 1.29 is 9.90 Å². The summed E-state index contributed by atoms with van der Waals surface area (Å²) in [4.78, 5) is 10.2. The Morgan fingerprint density at radius 3 is 2.06 bits per heavy atom. The third-order valence-electron chi connectivity index (χ3n) is 2.65. The number of allylic oxidation sites excluding steroid dienone is 2. The molecule has 0 aromatic carbocycles. The Hall–Kier alpha value is -0.790. The molecule has 0 atom stereocenters. The van der Waals surface area contributed by atoms with Crippen LogP contribution in [0.4, 0.5) is 0 Å². The zero-order valence-corrected chi connectivity index (χ0v) is 10.6. The van der Waals surface area contributed by atoms with Crippen LogP contribution in [-0.2, 0) is 4.79 Å². The second kappa shape index (κ2) is 12.3. The number of unbranched alkanes of at least 4 members (excludes halogenated alkanes) is 7. The van der Waals surface area contributed by atoms with E-state index in [9.17, 15) is 4.79 Å². The van der Waals surface area contributed by atoms with E-state index in [1.165, 1.54) is 32.1 Å². The number of carboxylic acids is 1. The van der Waals surface area contributed by atoms with Crippen LogP contribution in [0.5, 0.6) is 0 Å². The molecule has 0 fully saturated rings. The molecule has 0 rings (SSSR count). The van der Waals surface area contributed by atoms with E-state index in [1.807, 2.05) is 0 Å². The number of carbonyl (C=O) groups is 1. The van der Waals surface area contributed by atoms with Gasteiger partial charge in [0.05, 0.1) is 0 Å². The third kappa shape index (κ3) is 13.2. The fraction of sp³-hybridized carbons (Fsp3) is 0.786. The van der Waals surface area contributed by atoms with E-state index in [0.29, 0.717) is 6.42 Å². The van der Waals surface area contributed by atoms with Crippen LogP contribution < -0.4 is 0 Å². The molecular weight excluding hydrogens is 200 g/mol. The lowest BCUT2D eigenvalue weighted by Gasteiger charge is -1.97. The van der Waals surface area contributed by atoms with Crippen molar-refractivity contribution in [3.63, 3.8) is 0 Å². The zero-order valence-electron chi connectivity index (χ0n) is 10.6. The van der Waals surface area contributed by atoms with Crippen LogP contribution in [-0.4, -0.2) is 11.1 Å². The summed E-state index contributed by atoms with van der Waals surface area (Å²) in [5.74, 6) is -0.671. The lowest BCUT2D eigenvalue weighted by atomic mass is 10.1. The number of aliphatic carboxylic acids is 1. The van der Waals surface area contributed by atoms with Gasteiger partial charge in [0.25, 0.3) is 0 Å². The normalized spacial score (nSPS) is 11.1. The number of carboxylic acid groups (broad SMARTS) is 1. The molecule has 0 radical (unpaired) electrons. The zero-order chi connectivity index (χ0) is 12.1. The van der Waals surface area contributed by atoms with Crippen LogP contribution in [0.2, 0.25) is 0 Å². The summed E-state index contributed by atoms with van der Waals surface area (Å²) in [6.07, 6.45) is 15.4. The van der Waals surface area contributed by atoms with Gasteiger partial charge < -0.3 is 5.11 Å². The largest absolute Gasteiger partial charge is 0.481 e. The number of hydrogen-bond donors (Lipinski definition) is 1. The van der Waals surface area contributed by atoms with E-state index in [-0.39, 0.29) is 0 Å². The van der Waals surface area contributed by atoms with E-state index in [2.05, 4.69) is 19.1 Å². The molecule has 0 aromatic rings. The molecule has 0 heterocycles. The monoisotopic (exact) mass is 226 g/mol. The molecule has 0 aromatic heterocycles. The average molecular weight is 226 g/mol. The Bertz CT molecular complexity index is 185. The Balaban J connectivity index is 3.05. The Kier molecular flexibility index (Phi) is 11.7. The molecule has 0 spiro atoms. The summed E-state index contributed by atoms with van der Waals surface area (Å²) in [7, 11) is 0. The van der Waals surface area contributed by atoms with Crippen molar-refractivity contribution in [1.82, 2.24) is 0 Å². The van der Waals surface area contributed by atoms with Crippen molar-refractivity contribution >= 4 is 5.97 Å². The van der Waals surface area contributed by atoms with Gasteiger partial charge in [0.1, 0.15) is 0 Å². The van der Waals surface area contributed by atoms with Gasteiger partial charge in [0.2, 0.25) is 0 Å². The highest BCUT2D eigenvalue weighted by Gasteiger charge is 1.95. The van der Waals surface area contributed by atoms with Crippen molar-refractivity contribution in [2.24, 2.45) is 0 Å². The molecule has 0 aliphatic carbocycles. The van der Waals surface area contributed by atoms with Crippen molar-refractivity contribution in [1.29, 1.82) is 0 Å². The molecule has 0 saturated carbocycles. The minimum atomic E-state index is -0.671. The minimum Gasteiger partial charge on any atom is -0.481 e. The topological polar surface area (TPSA) is 37.3 Å². The van der Waals surface area contributed by atoms with Gasteiger partial charge in [-0.25, -0.2) is 0 Å². The van der Waals surface area contributed by atoms with E-state index in [4.69, 9.17) is 5.11 Å². The van der Waals surface area contributed by atoms with E-state index < -0.39 is 5.97 Å². The first-order valence-electron chi connectivity index (χ1n) is 6.64. The quantitative estimate of drug-likeness (QED) is 0.414. The second-order valence-electron chi connectivity index (χ2n) is 4.31.